The molecule has 0 aliphatic heterocycles. The summed E-state index contributed by atoms with van der Waals surface area (Å²) in [5.41, 5.74) is 0.540. The van der Waals surface area contributed by atoms with Crippen LogP contribution in [0.4, 0.5) is 5.82 Å². The van der Waals surface area contributed by atoms with Gasteiger partial charge in [-0.15, -0.1) is 10.2 Å². The minimum atomic E-state index is 0.534. The molecule has 2 aromatic heterocycles. The van der Waals surface area contributed by atoms with E-state index in [9.17, 15) is 0 Å². The molecule has 0 saturated heterocycles. The molecule has 0 saturated carbocycles. The molecule has 0 amide bonds. The van der Waals surface area contributed by atoms with E-state index in [4.69, 9.17) is 10.00 Å². The van der Waals surface area contributed by atoms with Gasteiger partial charge in [0.2, 0.25) is 0 Å². The van der Waals surface area contributed by atoms with E-state index in [-0.39, 0.29) is 0 Å². The summed E-state index contributed by atoms with van der Waals surface area (Å²) in [6, 6.07) is 5.52. The van der Waals surface area contributed by atoms with E-state index in [1.54, 1.807) is 25.6 Å². The number of aromatic nitrogens is 4. The summed E-state index contributed by atoms with van der Waals surface area (Å²) in [4.78, 5) is 4.14. The fourth-order valence-electron chi connectivity index (χ4n) is 1.72. The smallest absolute Gasteiger partial charge is 0.152 e. The molecule has 7 nitrogen and oxygen atoms in total. The Hall–Kier alpha value is -2.46. The molecule has 20 heavy (non-hydrogen) atoms. The van der Waals surface area contributed by atoms with Gasteiger partial charge in [-0.1, -0.05) is 0 Å². The predicted molar refractivity (Wildman–Crippen MR) is 72.8 cm³/mol. The van der Waals surface area contributed by atoms with Crippen molar-refractivity contribution in [3.05, 3.63) is 36.0 Å². The zero-order chi connectivity index (χ0) is 14.2. The highest BCUT2D eigenvalue weighted by Crippen LogP contribution is 2.06. The van der Waals surface area contributed by atoms with Gasteiger partial charge in [-0.3, -0.25) is 0 Å². The molecule has 0 fully saturated rings. The van der Waals surface area contributed by atoms with Crippen LogP contribution in [0.5, 0.6) is 0 Å². The second-order valence-corrected chi connectivity index (χ2v) is 4.18. The maximum Gasteiger partial charge on any atom is 0.152 e. The van der Waals surface area contributed by atoms with Gasteiger partial charge in [0.15, 0.2) is 5.82 Å². The topological polar surface area (TPSA) is 88.6 Å². The number of rotatable bonds is 7. The first-order valence-corrected chi connectivity index (χ1v) is 6.29. The van der Waals surface area contributed by atoms with Gasteiger partial charge in [0, 0.05) is 26.5 Å². The van der Waals surface area contributed by atoms with E-state index in [0.717, 1.165) is 18.8 Å². The molecule has 0 aliphatic carbocycles. The minimum Gasteiger partial charge on any atom is -0.385 e. The van der Waals surface area contributed by atoms with Crippen LogP contribution in [0, 0.1) is 11.3 Å². The number of pyridine rings is 1. The maximum atomic E-state index is 8.71. The van der Waals surface area contributed by atoms with Crippen LogP contribution in [0.3, 0.4) is 0 Å². The Morgan fingerprint density at radius 1 is 1.45 bits per heavy atom. The summed E-state index contributed by atoms with van der Waals surface area (Å²) in [5.74, 6) is 1.54. The van der Waals surface area contributed by atoms with Crippen LogP contribution < -0.4 is 5.32 Å². The Morgan fingerprint density at radius 2 is 2.35 bits per heavy atom. The number of nitriles is 1. The summed E-state index contributed by atoms with van der Waals surface area (Å²) in [6.07, 6.45) is 4.15. The standard InChI is InChI=1S/C13H16N6O/c1-20-6-2-5-19-10-17-18-13(19)9-16-12-4-3-11(7-14)8-15-12/h3-4,8,10H,2,5-6,9H2,1H3,(H,15,16). The second kappa shape index (κ2) is 7.21. The first-order chi connectivity index (χ1) is 9.83. The number of nitrogens with one attached hydrogen (secondary N) is 1. The average molecular weight is 272 g/mol. The molecule has 7 heteroatoms. The van der Waals surface area contributed by atoms with Crippen molar-refractivity contribution < 1.29 is 4.74 Å². The van der Waals surface area contributed by atoms with E-state index in [1.807, 2.05) is 10.6 Å². The van der Waals surface area contributed by atoms with Gasteiger partial charge < -0.3 is 14.6 Å². The van der Waals surface area contributed by atoms with Gasteiger partial charge in [0.05, 0.1) is 12.1 Å². The molecule has 0 spiro atoms. The Balaban J connectivity index is 1.90. The highest BCUT2D eigenvalue weighted by atomic mass is 16.5. The SMILES string of the molecule is COCCCn1cnnc1CNc1ccc(C#N)cn1. The van der Waals surface area contributed by atoms with Crippen LogP contribution in [0.15, 0.2) is 24.7 Å². The Kier molecular flexibility index (Phi) is 5.03. The van der Waals surface area contributed by atoms with Gasteiger partial charge in [-0.05, 0) is 18.6 Å². The van der Waals surface area contributed by atoms with Crippen molar-refractivity contribution in [1.82, 2.24) is 19.7 Å². The molecule has 2 heterocycles. The molecule has 1 N–H and O–H groups in total. The second-order valence-electron chi connectivity index (χ2n) is 4.18. The van der Waals surface area contributed by atoms with Crippen molar-refractivity contribution in [2.24, 2.45) is 0 Å². The molecular formula is C13H16N6O. The lowest BCUT2D eigenvalue weighted by Crippen LogP contribution is -2.10. The highest BCUT2D eigenvalue weighted by molar-refractivity contribution is 5.38. The van der Waals surface area contributed by atoms with E-state index >= 15 is 0 Å². The van der Waals surface area contributed by atoms with E-state index in [1.165, 1.54) is 6.20 Å². The first kappa shape index (κ1) is 14.0. The lowest BCUT2D eigenvalue weighted by molar-refractivity contribution is 0.190. The van der Waals surface area contributed by atoms with Gasteiger partial charge >= 0.3 is 0 Å². The van der Waals surface area contributed by atoms with Crippen LogP contribution in [-0.2, 0) is 17.8 Å². The maximum absolute atomic E-state index is 8.71. The number of aryl methyl sites for hydroxylation is 1. The largest absolute Gasteiger partial charge is 0.385 e. The van der Waals surface area contributed by atoms with Gasteiger partial charge in [0.25, 0.3) is 0 Å². The fraction of sp³-hybridized carbons (Fsp3) is 0.385. The van der Waals surface area contributed by atoms with Gasteiger partial charge in [-0.25, -0.2) is 4.98 Å². The minimum absolute atomic E-state index is 0.534. The van der Waals surface area contributed by atoms with Crippen molar-refractivity contribution in [2.75, 3.05) is 19.0 Å². The van der Waals surface area contributed by atoms with Crippen LogP contribution in [0.2, 0.25) is 0 Å². The number of methoxy groups -OCH3 is 1. The fourth-order valence-corrected chi connectivity index (χ4v) is 1.72. The number of hydrogen-bond donors (Lipinski definition) is 1. The zero-order valence-electron chi connectivity index (χ0n) is 11.3. The molecule has 0 unspecified atom stereocenters. The van der Waals surface area contributed by atoms with Crippen molar-refractivity contribution in [1.29, 1.82) is 5.26 Å². The quantitative estimate of drug-likeness (QED) is 0.762. The van der Waals surface area contributed by atoms with Crippen molar-refractivity contribution in [2.45, 2.75) is 19.5 Å². The summed E-state index contributed by atoms with van der Waals surface area (Å²) in [7, 11) is 1.69. The Morgan fingerprint density at radius 3 is 3.05 bits per heavy atom. The lowest BCUT2D eigenvalue weighted by atomic mass is 10.3. The first-order valence-electron chi connectivity index (χ1n) is 6.29. The number of nitrogens with zero attached hydrogens (tertiary/aromatic N) is 5. The monoisotopic (exact) mass is 272 g/mol. The molecule has 0 aromatic carbocycles. The van der Waals surface area contributed by atoms with Gasteiger partial charge in [0.1, 0.15) is 18.2 Å². The molecule has 0 atom stereocenters. The number of hydrogen-bond acceptors (Lipinski definition) is 6. The van der Waals surface area contributed by atoms with Crippen molar-refractivity contribution in [3.63, 3.8) is 0 Å². The van der Waals surface area contributed by atoms with Crippen molar-refractivity contribution >= 4 is 5.82 Å². The molecule has 0 bridgehead atoms. The number of ether oxygens (including phenoxy) is 1. The molecule has 2 rings (SSSR count). The van der Waals surface area contributed by atoms with Gasteiger partial charge in [-0.2, -0.15) is 5.26 Å². The van der Waals surface area contributed by atoms with Crippen molar-refractivity contribution in [3.8, 4) is 6.07 Å². The van der Waals surface area contributed by atoms with E-state index in [0.29, 0.717) is 24.5 Å². The highest BCUT2D eigenvalue weighted by Gasteiger charge is 2.04. The average Bonchev–Trinajstić information content (AvgIpc) is 2.93. The Labute approximate surface area is 117 Å². The summed E-state index contributed by atoms with van der Waals surface area (Å²) in [5, 5.41) is 19.8. The van der Waals surface area contributed by atoms with E-state index in [2.05, 4.69) is 20.5 Å². The molecule has 0 radical (unpaired) electrons. The lowest BCUT2D eigenvalue weighted by Gasteiger charge is -2.07. The molecule has 0 aliphatic rings. The summed E-state index contributed by atoms with van der Waals surface area (Å²) in [6.45, 7) is 2.06. The molecule has 2 aromatic rings. The Bertz CT molecular complexity index is 571. The third-order valence-electron chi connectivity index (χ3n) is 2.76. The third-order valence-corrected chi connectivity index (χ3v) is 2.76. The zero-order valence-corrected chi connectivity index (χ0v) is 11.3. The molecular weight excluding hydrogens is 256 g/mol. The van der Waals surface area contributed by atoms with Crippen LogP contribution in [0.1, 0.15) is 17.8 Å². The van der Waals surface area contributed by atoms with Crippen LogP contribution in [-0.4, -0.2) is 33.5 Å². The van der Waals surface area contributed by atoms with E-state index < -0.39 is 0 Å². The number of anilines is 1. The molecule has 104 valence electrons. The van der Waals surface area contributed by atoms with Crippen LogP contribution >= 0.6 is 0 Å². The normalized spacial score (nSPS) is 10.2. The summed E-state index contributed by atoms with van der Waals surface area (Å²) >= 11 is 0. The predicted octanol–water partition coefficient (Wildman–Crippen LogP) is 1.19. The summed E-state index contributed by atoms with van der Waals surface area (Å²) < 4.78 is 7.01. The van der Waals surface area contributed by atoms with Crippen LogP contribution in [0.25, 0.3) is 0 Å². The third kappa shape index (κ3) is 3.76.